The zero-order valence-electron chi connectivity index (χ0n) is 6.95. The topological polar surface area (TPSA) is 59.4 Å². The summed E-state index contributed by atoms with van der Waals surface area (Å²) >= 11 is 3.09. The summed E-state index contributed by atoms with van der Waals surface area (Å²) in [5.74, 6) is -0.748. The molecule has 1 rings (SSSR count). The van der Waals surface area contributed by atoms with Crippen LogP contribution in [-0.2, 0) is 4.74 Å². The maximum Gasteiger partial charge on any atom is 0.343 e. The van der Waals surface area contributed by atoms with Gasteiger partial charge in [0.2, 0.25) is 0 Å². The molecular weight excluding hydrogens is 238 g/mol. The molecule has 0 saturated carbocycles. The number of aromatic nitrogens is 1. The highest BCUT2D eigenvalue weighted by molar-refractivity contribution is 9.10. The fourth-order valence-corrected chi connectivity index (χ4v) is 1.31. The lowest BCUT2D eigenvalue weighted by Crippen LogP contribution is -2.06. The normalized spacial score (nSPS) is 9.69. The standard InChI is InChI=1S/C8H8BrNO3/c1-2-13-8(12)7-5(9)3-10-4-6(7)11/h3-4,11H,2H2,1H3. The molecular formula is C8H8BrNO3. The number of nitrogens with zero attached hydrogens (tertiary/aromatic N) is 1. The molecule has 0 aliphatic heterocycles. The van der Waals surface area contributed by atoms with Gasteiger partial charge in [-0.2, -0.15) is 0 Å². The maximum absolute atomic E-state index is 11.2. The molecule has 0 spiro atoms. The minimum atomic E-state index is -0.561. The number of pyridine rings is 1. The van der Waals surface area contributed by atoms with Crippen molar-refractivity contribution in [2.24, 2.45) is 0 Å². The van der Waals surface area contributed by atoms with Crippen LogP contribution in [0.2, 0.25) is 0 Å². The van der Waals surface area contributed by atoms with E-state index in [4.69, 9.17) is 4.74 Å². The molecule has 0 unspecified atom stereocenters. The van der Waals surface area contributed by atoms with Gasteiger partial charge in [-0.25, -0.2) is 4.79 Å². The van der Waals surface area contributed by atoms with Crippen LogP contribution >= 0.6 is 15.9 Å². The Morgan fingerprint density at radius 2 is 2.38 bits per heavy atom. The molecule has 0 saturated heterocycles. The molecule has 1 N–H and O–H groups in total. The molecule has 13 heavy (non-hydrogen) atoms. The van der Waals surface area contributed by atoms with Gasteiger partial charge in [0.25, 0.3) is 0 Å². The van der Waals surface area contributed by atoms with Gasteiger partial charge in [-0.15, -0.1) is 0 Å². The number of halogens is 1. The summed E-state index contributed by atoms with van der Waals surface area (Å²) in [6, 6.07) is 0. The molecule has 0 fully saturated rings. The third-order valence-electron chi connectivity index (χ3n) is 1.36. The molecule has 1 aromatic rings. The Morgan fingerprint density at radius 1 is 1.69 bits per heavy atom. The van der Waals surface area contributed by atoms with E-state index in [1.54, 1.807) is 6.92 Å². The molecule has 1 heterocycles. The first kappa shape index (κ1) is 9.98. The third kappa shape index (κ3) is 2.18. The van der Waals surface area contributed by atoms with Crippen molar-refractivity contribution in [1.29, 1.82) is 0 Å². The highest BCUT2D eigenvalue weighted by atomic mass is 79.9. The van der Waals surface area contributed by atoms with E-state index >= 15 is 0 Å². The number of hydrogen-bond acceptors (Lipinski definition) is 4. The van der Waals surface area contributed by atoms with E-state index in [0.29, 0.717) is 4.47 Å². The zero-order chi connectivity index (χ0) is 9.84. The summed E-state index contributed by atoms with van der Waals surface area (Å²) in [5.41, 5.74) is 0.108. The van der Waals surface area contributed by atoms with Gasteiger partial charge in [-0.1, -0.05) is 0 Å². The average molecular weight is 246 g/mol. The number of carbonyl (C=O) groups is 1. The third-order valence-corrected chi connectivity index (χ3v) is 1.96. The van der Waals surface area contributed by atoms with Gasteiger partial charge >= 0.3 is 5.97 Å². The summed E-state index contributed by atoms with van der Waals surface area (Å²) in [7, 11) is 0. The molecule has 70 valence electrons. The van der Waals surface area contributed by atoms with Crippen molar-refractivity contribution < 1.29 is 14.6 Å². The van der Waals surface area contributed by atoms with E-state index in [0.717, 1.165) is 0 Å². The fourth-order valence-electron chi connectivity index (χ4n) is 0.830. The van der Waals surface area contributed by atoms with E-state index < -0.39 is 5.97 Å². The molecule has 0 radical (unpaired) electrons. The Morgan fingerprint density at radius 3 is 2.92 bits per heavy atom. The van der Waals surface area contributed by atoms with Crippen LogP contribution in [0.15, 0.2) is 16.9 Å². The summed E-state index contributed by atoms with van der Waals surface area (Å²) in [4.78, 5) is 14.9. The largest absolute Gasteiger partial charge is 0.505 e. The number of esters is 1. The average Bonchev–Trinajstić information content (AvgIpc) is 2.04. The number of carbonyl (C=O) groups excluding carboxylic acids is 1. The van der Waals surface area contributed by atoms with Gasteiger partial charge < -0.3 is 9.84 Å². The van der Waals surface area contributed by atoms with E-state index in [1.165, 1.54) is 12.4 Å². The lowest BCUT2D eigenvalue weighted by Gasteiger charge is -2.04. The van der Waals surface area contributed by atoms with Gasteiger partial charge in [0, 0.05) is 6.20 Å². The van der Waals surface area contributed by atoms with E-state index in [1.807, 2.05) is 0 Å². The van der Waals surface area contributed by atoms with Crippen LogP contribution in [0.4, 0.5) is 0 Å². The lowest BCUT2D eigenvalue weighted by molar-refractivity contribution is 0.0522. The van der Waals surface area contributed by atoms with E-state index in [-0.39, 0.29) is 17.9 Å². The summed E-state index contributed by atoms with van der Waals surface area (Å²) in [6.07, 6.45) is 2.61. The van der Waals surface area contributed by atoms with Gasteiger partial charge in [-0.05, 0) is 22.9 Å². The van der Waals surface area contributed by atoms with Crippen LogP contribution in [0.3, 0.4) is 0 Å². The Balaban J connectivity index is 3.05. The first-order valence-electron chi connectivity index (χ1n) is 3.66. The number of aromatic hydroxyl groups is 1. The van der Waals surface area contributed by atoms with Crippen LogP contribution in [0.25, 0.3) is 0 Å². The van der Waals surface area contributed by atoms with Crippen molar-refractivity contribution in [3.05, 3.63) is 22.4 Å². The lowest BCUT2D eigenvalue weighted by atomic mass is 10.2. The molecule has 1 aromatic heterocycles. The van der Waals surface area contributed by atoms with Crippen molar-refractivity contribution in [2.45, 2.75) is 6.92 Å². The second kappa shape index (κ2) is 4.23. The molecule has 4 nitrogen and oxygen atoms in total. The van der Waals surface area contributed by atoms with Crippen molar-refractivity contribution >= 4 is 21.9 Å². The van der Waals surface area contributed by atoms with Crippen molar-refractivity contribution in [2.75, 3.05) is 6.61 Å². The second-order valence-corrected chi connectivity index (χ2v) is 3.09. The fraction of sp³-hybridized carbons (Fsp3) is 0.250. The number of rotatable bonds is 2. The van der Waals surface area contributed by atoms with Gasteiger partial charge in [0.05, 0.1) is 17.3 Å². The number of ether oxygens (including phenoxy) is 1. The first-order chi connectivity index (χ1) is 6.16. The number of hydrogen-bond donors (Lipinski definition) is 1. The minimum Gasteiger partial charge on any atom is -0.505 e. The Labute approximate surface area is 83.7 Å². The molecule has 0 bridgehead atoms. The Kier molecular flexibility index (Phi) is 3.25. The van der Waals surface area contributed by atoms with Crippen LogP contribution in [0, 0.1) is 0 Å². The quantitative estimate of drug-likeness (QED) is 0.807. The smallest absolute Gasteiger partial charge is 0.343 e. The second-order valence-electron chi connectivity index (χ2n) is 2.24. The Bertz CT molecular complexity index is 307. The Hall–Kier alpha value is -1.10. The van der Waals surface area contributed by atoms with Crippen LogP contribution in [-0.4, -0.2) is 22.7 Å². The summed E-state index contributed by atoms with van der Waals surface area (Å²) < 4.78 is 5.16. The van der Waals surface area contributed by atoms with Gasteiger partial charge in [-0.3, -0.25) is 4.98 Å². The molecule has 5 heteroatoms. The monoisotopic (exact) mass is 245 g/mol. The molecule has 0 aromatic carbocycles. The minimum absolute atomic E-state index is 0.108. The van der Waals surface area contributed by atoms with Crippen molar-refractivity contribution in [1.82, 2.24) is 4.98 Å². The molecule has 0 aliphatic carbocycles. The SMILES string of the molecule is CCOC(=O)c1c(O)cncc1Br. The van der Waals surface area contributed by atoms with E-state index in [2.05, 4.69) is 20.9 Å². The molecule has 0 atom stereocenters. The van der Waals surface area contributed by atoms with Gasteiger partial charge in [0.1, 0.15) is 11.3 Å². The first-order valence-corrected chi connectivity index (χ1v) is 4.45. The van der Waals surface area contributed by atoms with Crippen molar-refractivity contribution in [3.63, 3.8) is 0 Å². The van der Waals surface area contributed by atoms with E-state index in [9.17, 15) is 9.90 Å². The van der Waals surface area contributed by atoms with Crippen LogP contribution in [0.5, 0.6) is 5.75 Å². The molecule has 0 amide bonds. The zero-order valence-corrected chi connectivity index (χ0v) is 8.54. The summed E-state index contributed by atoms with van der Waals surface area (Å²) in [6.45, 7) is 1.97. The summed E-state index contributed by atoms with van der Waals surface area (Å²) in [5, 5.41) is 9.30. The van der Waals surface area contributed by atoms with Crippen LogP contribution in [0.1, 0.15) is 17.3 Å². The van der Waals surface area contributed by atoms with Crippen molar-refractivity contribution in [3.8, 4) is 5.75 Å². The highest BCUT2D eigenvalue weighted by Gasteiger charge is 2.15. The maximum atomic E-state index is 11.2. The predicted octanol–water partition coefficient (Wildman–Crippen LogP) is 1.73. The predicted molar refractivity (Wildman–Crippen MR) is 49.6 cm³/mol. The molecule has 0 aliphatic rings. The van der Waals surface area contributed by atoms with Gasteiger partial charge in [0.15, 0.2) is 0 Å². The highest BCUT2D eigenvalue weighted by Crippen LogP contribution is 2.24. The van der Waals surface area contributed by atoms with Crippen LogP contribution < -0.4 is 0 Å².